The third-order valence-corrected chi connectivity index (χ3v) is 8.23. The van der Waals surface area contributed by atoms with E-state index in [4.69, 9.17) is 0 Å². The van der Waals surface area contributed by atoms with Crippen molar-refractivity contribution in [3.63, 3.8) is 0 Å². The summed E-state index contributed by atoms with van der Waals surface area (Å²) in [6, 6.07) is 0. The van der Waals surface area contributed by atoms with Gasteiger partial charge in [-0.05, 0) is 25.7 Å². The third kappa shape index (κ3) is 30.1. The monoisotopic (exact) mass is 495 g/mol. The van der Waals surface area contributed by atoms with Crippen LogP contribution in [0, 0.1) is 0 Å². The van der Waals surface area contributed by atoms with Crippen molar-refractivity contribution in [1.82, 2.24) is 0 Å². The van der Waals surface area contributed by atoms with Gasteiger partial charge in [-0.15, -0.1) is 0 Å². The molecule has 0 aromatic carbocycles. The van der Waals surface area contributed by atoms with Gasteiger partial charge in [0.15, 0.2) is 0 Å². The summed E-state index contributed by atoms with van der Waals surface area (Å²) in [6.45, 7) is 7.38. The van der Waals surface area contributed by atoms with Crippen molar-refractivity contribution in [3.8, 4) is 0 Å². The average Bonchev–Trinajstić information content (AvgIpc) is 2.84. The normalized spacial score (nSPS) is 12.0. The van der Waals surface area contributed by atoms with Gasteiger partial charge < -0.3 is 4.48 Å². The number of hydrogen-bond donors (Lipinski definition) is 0. The van der Waals surface area contributed by atoms with Crippen LogP contribution in [-0.2, 0) is 0 Å². The zero-order chi connectivity index (χ0) is 25.7. The van der Waals surface area contributed by atoms with Crippen LogP contribution >= 0.6 is 0 Å². The summed E-state index contributed by atoms with van der Waals surface area (Å²) in [5.41, 5.74) is 0. The Balaban J connectivity index is 3.27. The van der Waals surface area contributed by atoms with Gasteiger partial charge >= 0.3 is 0 Å². The molecule has 0 unspecified atom stereocenters. The molecular weight excluding hydrogens is 422 g/mol. The van der Waals surface area contributed by atoms with Crippen LogP contribution in [-0.4, -0.2) is 31.7 Å². The van der Waals surface area contributed by atoms with Gasteiger partial charge in [-0.1, -0.05) is 168 Å². The van der Waals surface area contributed by atoms with Crippen LogP contribution in [0.3, 0.4) is 0 Å². The first-order chi connectivity index (χ1) is 17.1. The molecule has 0 bridgehead atoms. The molecule has 0 aliphatic heterocycles. The quantitative estimate of drug-likeness (QED) is 0.0687. The minimum absolute atomic E-state index is 1.25. The lowest BCUT2D eigenvalue weighted by molar-refractivity contribution is -0.890. The topological polar surface area (TPSA) is 0 Å². The van der Waals surface area contributed by atoms with Crippen LogP contribution in [0.2, 0.25) is 0 Å². The summed E-state index contributed by atoms with van der Waals surface area (Å²) in [4.78, 5) is 0. The Morgan fingerprint density at radius 2 is 0.429 bits per heavy atom. The predicted octanol–water partition coefficient (Wildman–Crippen LogP) is 12.0. The Labute approximate surface area is 225 Å². The van der Waals surface area contributed by atoms with Crippen molar-refractivity contribution in [3.05, 3.63) is 0 Å². The summed E-state index contributed by atoms with van der Waals surface area (Å²) >= 11 is 0. The van der Waals surface area contributed by atoms with E-state index in [9.17, 15) is 0 Å². The van der Waals surface area contributed by atoms with Crippen LogP contribution in [0.25, 0.3) is 0 Å². The van der Waals surface area contributed by atoms with E-state index in [2.05, 4.69) is 27.9 Å². The van der Waals surface area contributed by atoms with E-state index in [1.807, 2.05) is 0 Å². The molecule has 0 amide bonds. The molecule has 0 aromatic heterocycles. The zero-order valence-corrected chi connectivity index (χ0v) is 25.7. The van der Waals surface area contributed by atoms with Gasteiger partial charge in [0.2, 0.25) is 0 Å². The molecule has 212 valence electrons. The number of nitrogens with zero attached hydrogens (tertiary/aromatic N) is 1. The van der Waals surface area contributed by atoms with Crippen molar-refractivity contribution in [2.24, 2.45) is 0 Å². The van der Waals surface area contributed by atoms with Crippen LogP contribution in [0.5, 0.6) is 0 Å². The highest BCUT2D eigenvalue weighted by Crippen LogP contribution is 2.15. The van der Waals surface area contributed by atoms with Crippen molar-refractivity contribution in [2.45, 2.75) is 194 Å². The molecule has 0 fully saturated rings. The Morgan fingerprint density at radius 3 is 0.629 bits per heavy atom. The maximum atomic E-state index is 2.46. The maximum Gasteiger partial charge on any atom is 0.0782 e. The molecule has 0 saturated heterocycles. The Kier molecular flexibility index (Phi) is 28.5. The fourth-order valence-electron chi connectivity index (χ4n) is 5.58. The number of rotatable bonds is 30. The fraction of sp³-hybridized carbons (Fsp3) is 1.00. The van der Waals surface area contributed by atoms with E-state index in [1.54, 1.807) is 0 Å². The molecule has 0 rings (SSSR count). The van der Waals surface area contributed by atoms with Gasteiger partial charge in [0.05, 0.1) is 27.2 Å². The van der Waals surface area contributed by atoms with E-state index < -0.39 is 0 Å². The van der Waals surface area contributed by atoms with Crippen LogP contribution in [0.15, 0.2) is 0 Å². The van der Waals surface area contributed by atoms with Gasteiger partial charge in [-0.25, -0.2) is 0 Å². The summed E-state index contributed by atoms with van der Waals surface area (Å²) in [6.07, 6.45) is 40.9. The lowest BCUT2D eigenvalue weighted by Gasteiger charge is -2.30. The van der Waals surface area contributed by atoms with Gasteiger partial charge in [-0.2, -0.15) is 0 Å². The first-order valence-electron chi connectivity index (χ1n) is 16.9. The van der Waals surface area contributed by atoms with Crippen molar-refractivity contribution < 1.29 is 4.48 Å². The summed E-state index contributed by atoms with van der Waals surface area (Å²) < 4.78 is 1.25. The lowest BCUT2D eigenvalue weighted by atomic mass is 10.0. The Hall–Kier alpha value is -0.0400. The van der Waals surface area contributed by atoms with Crippen molar-refractivity contribution in [2.75, 3.05) is 27.2 Å². The van der Waals surface area contributed by atoms with E-state index in [-0.39, 0.29) is 0 Å². The van der Waals surface area contributed by atoms with E-state index in [1.165, 1.54) is 197 Å². The second kappa shape index (κ2) is 28.5. The van der Waals surface area contributed by atoms with E-state index >= 15 is 0 Å². The second-order valence-corrected chi connectivity index (χ2v) is 12.6. The van der Waals surface area contributed by atoms with Crippen molar-refractivity contribution in [1.29, 1.82) is 0 Å². The predicted molar refractivity (Wildman–Crippen MR) is 162 cm³/mol. The third-order valence-electron chi connectivity index (χ3n) is 8.23. The van der Waals surface area contributed by atoms with Crippen LogP contribution < -0.4 is 0 Å². The molecule has 1 nitrogen and oxygen atoms in total. The number of unbranched alkanes of at least 4 members (excludes halogenated alkanes) is 26. The van der Waals surface area contributed by atoms with Gasteiger partial charge in [-0.3, -0.25) is 0 Å². The van der Waals surface area contributed by atoms with E-state index in [0.717, 1.165) is 0 Å². The Bertz CT molecular complexity index is 375. The van der Waals surface area contributed by atoms with Gasteiger partial charge in [0.1, 0.15) is 0 Å². The molecule has 0 radical (unpaired) electrons. The molecule has 0 spiro atoms. The highest BCUT2D eigenvalue weighted by Gasteiger charge is 2.13. The van der Waals surface area contributed by atoms with E-state index in [0.29, 0.717) is 0 Å². The first kappa shape index (κ1) is 35.0. The number of quaternary nitrogens is 1. The zero-order valence-electron chi connectivity index (χ0n) is 25.7. The largest absolute Gasteiger partial charge is 0.328 e. The molecule has 0 aliphatic carbocycles. The van der Waals surface area contributed by atoms with Crippen molar-refractivity contribution >= 4 is 0 Å². The molecule has 0 aromatic rings. The molecule has 0 heterocycles. The molecule has 0 saturated carbocycles. The minimum atomic E-state index is 1.25. The Morgan fingerprint density at radius 1 is 0.257 bits per heavy atom. The van der Waals surface area contributed by atoms with Crippen LogP contribution in [0.1, 0.15) is 194 Å². The SMILES string of the molecule is CCCCCCCCCCCCCCCCCC[N+](C)(C)CCCCCCCCCCCCCC. The van der Waals surface area contributed by atoms with Gasteiger partial charge in [0, 0.05) is 0 Å². The molecule has 35 heavy (non-hydrogen) atoms. The molecule has 1 heteroatoms. The summed E-state index contributed by atoms with van der Waals surface area (Å²) in [5, 5.41) is 0. The summed E-state index contributed by atoms with van der Waals surface area (Å²) in [5.74, 6) is 0. The smallest absolute Gasteiger partial charge is 0.0782 e. The molecule has 0 aliphatic rings. The first-order valence-corrected chi connectivity index (χ1v) is 16.9. The second-order valence-electron chi connectivity index (χ2n) is 12.6. The molecular formula is C34H72N+. The molecule has 0 N–H and O–H groups in total. The lowest BCUT2D eigenvalue weighted by Crippen LogP contribution is -2.41. The standard InChI is InChI=1S/C34H72N/c1-5-7-9-11-13-15-17-19-20-21-22-24-26-28-30-32-34-35(3,4)33-31-29-27-25-23-18-16-14-12-10-8-6-2/h5-34H2,1-4H3/q+1. The highest BCUT2D eigenvalue weighted by atomic mass is 15.3. The van der Waals surface area contributed by atoms with Gasteiger partial charge in [0.25, 0.3) is 0 Å². The maximum absolute atomic E-state index is 2.46. The highest BCUT2D eigenvalue weighted by molar-refractivity contribution is 4.51. The van der Waals surface area contributed by atoms with Crippen LogP contribution in [0.4, 0.5) is 0 Å². The fourth-order valence-corrected chi connectivity index (χ4v) is 5.58. The number of hydrogen-bond acceptors (Lipinski definition) is 0. The average molecular weight is 495 g/mol. The molecule has 0 atom stereocenters. The minimum Gasteiger partial charge on any atom is -0.328 e. The summed E-state index contributed by atoms with van der Waals surface area (Å²) in [7, 11) is 4.92.